The highest BCUT2D eigenvalue weighted by atomic mass is 32.2. The first-order valence-corrected chi connectivity index (χ1v) is 17.1. The number of nitrogens with zero attached hydrogens (tertiary/aromatic N) is 2. The molecule has 2 aliphatic heterocycles. The molecule has 0 amide bonds. The van der Waals surface area contributed by atoms with Gasteiger partial charge in [0.25, 0.3) is 0 Å². The number of allylic oxidation sites excluding steroid dienone is 3. The maximum Gasteiger partial charge on any atom is 0.0803 e. The van der Waals surface area contributed by atoms with Gasteiger partial charge in [0.05, 0.1) is 31.4 Å². The minimum absolute atomic E-state index is 0.163. The number of fused-ring (bicyclic) bond motifs is 4. The molecule has 0 spiro atoms. The third-order valence-corrected chi connectivity index (χ3v) is 10.5. The SMILES string of the molecule is CSc1ccc(C)c(C2C=CC=CN2C2=Cc3c4cccc3C2c2nc-4cc(C)c2[Si](C)(C)C)c1. The van der Waals surface area contributed by atoms with Crippen molar-refractivity contribution >= 4 is 31.1 Å². The number of aromatic nitrogens is 1. The number of benzene rings is 2. The molecule has 0 saturated heterocycles. The van der Waals surface area contributed by atoms with Crippen LogP contribution in [0.2, 0.25) is 19.6 Å². The fraction of sp³-hybridized carbons (Fsp3) is 0.258. The summed E-state index contributed by atoms with van der Waals surface area (Å²) < 4.78 is 0. The molecular formula is C31H32N2SSi. The first kappa shape index (κ1) is 22.6. The molecule has 1 aromatic heterocycles. The molecule has 1 aliphatic carbocycles. The van der Waals surface area contributed by atoms with Crippen LogP contribution in [0.5, 0.6) is 0 Å². The molecule has 35 heavy (non-hydrogen) atoms. The molecule has 3 heterocycles. The van der Waals surface area contributed by atoms with Crippen LogP contribution in [0.25, 0.3) is 17.3 Å². The second-order valence-electron chi connectivity index (χ2n) is 10.9. The number of pyridine rings is 1. The summed E-state index contributed by atoms with van der Waals surface area (Å²) in [7, 11) is -1.63. The Labute approximate surface area is 214 Å². The number of thioether (sulfide) groups is 1. The Kier molecular flexibility index (Phi) is 5.24. The van der Waals surface area contributed by atoms with Gasteiger partial charge in [0, 0.05) is 22.4 Å². The Morgan fingerprint density at radius 1 is 0.943 bits per heavy atom. The van der Waals surface area contributed by atoms with Gasteiger partial charge in [-0.25, -0.2) is 0 Å². The third-order valence-electron chi connectivity index (χ3n) is 7.64. The Morgan fingerprint density at radius 2 is 1.77 bits per heavy atom. The van der Waals surface area contributed by atoms with Crippen molar-refractivity contribution in [3.8, 4) is 11.3 Å². The van der Waals surface area contributed by atoms with Crippen molar-refractivity contribution in [3.05, 3.63) is 106 Å². The van der Waals surface area contributed by atoms with E-state index in [1.54, 1.807) is 0 Å². The summed E-state index contributed by atoms with van der Waals surface area (Å²) in [5.74, 6) is 0.163. The highest BCUT2D eigenvalue weighted by Gasteiger charge is 2.40. The van der Waals surface area contributed by atoms with Gasteiger partial charge in [0.15, 0.2) is 0 Å². The van der Waals surface area contributed by atoms with Gasteiger partial charge in [-0.1, -0.05) is 56.1 Å². The highest BCUT2D eigenvalue weighted by Crippen LogP contribution is 2.50. The molecule has 4 heteroatoms. The topological polar surface area (TPSA) is 16.1 Å². The van der Waals surface area contributed by atoms with Crippen molar-refractivity contribution < 1.29 is 0 Å². The van der Waals surface area contributed by atoms with E-state index in [0.29, 0.717) is 0 Å². The molecule has 2 aromatic carbocycles. The number of hydrogen-bond acceptors (Lipinski definition) is 3. The number of aryl methyl sites for hydroxylation is 2. The van der Waals surface area contributed by atoms with Crippen molar-refractivity contribution in [3.63, 3.8) is 0 Å². The van der Waals surface area contributed by atoms with Crippen LogP contribution in [0.15, 0.2) is 77.5 Å². The predicted octanol–water partition coefficient (Wildman–Crippen LogP) is 7.56. The molecule has 0 saturated carbocycles. The summed E-state index contributed by atoms with van der Waals surface area (Å²) in [6.07, 6.45) is 13.6. The molecule has 0 fully saturated rings. The first-order valence-electron chi connectivity index (χ1n) is 12.4. The van der Waals surface area contributed by atoms with E-state index >= 15 is 0 Å². The van der Waals surface area contributed by atoms with Gasteiger partial charge in [0.2, 0.25) is 0 Å². The van der Waals surface area contributed by atoms with Crippen LogP contribution in [-0.4, -0.2) is 24.2 Å². The van der Waals surface area contributed by atoms with E-state index in [1.165, 1.54) is 54.9 Å². The smallest absolute Gasteiger partial charge is 0.0803 e. The zero-order valence-electron chi connectivity index (χ0n) is 21.4. The van der Waals surface area contributed by atoms with Crippen LogP contribution in [0.4, 0.5) is 0 Å². The largest absolute Gasteiger partial charge is 0.340 e. The predicted molar refractivity (Wildman–Crippen MR) is 153 cm³/mol. The van der Waals surface area contributed by atoms with Gasteiger partial charge in [0.1, 0.15) is 0 Å². The summed E-state index contributed by atoms with van der Waals surface area (Å²) in [6, 6.07) is 16.1. The fourth-order valence-corrected chi connectivity index (χ4v) is 8.87. The standard InChI is InChI=1S/C31H32N2SSi/c1-19-13-14-21(34-3)17-24(19)27-12-7-8-15-33(27)28-18-25-22-10-9-11-23(25)29(28)30-31(35(4,5)6)20(2)16-26(22)32-30/h7-18,27,29H,1-6H3. The van der Waals surface area contributed by atoms with Gasteiger partial charge < -0.3 is 4.90 Å². The summed E-state index contributed by atoms with van der Waals surface area (Å²) in [4.78, 5) is 9.20. The van der Waals surface area contributed by atoms with Crippen LogP contribution < -0.4 is 5.19 Å². The zero-order valence-corrected chi connectivity index (χ0v) is 23.2. The van der Waals surface area contributed by atoms with Gasteiger partial charge in [-0.3, -0.25) is 4.98 Å². The molecule has 2 nitrogen and oxygen atoms in total. The molecule has 0 radical (unpaired) electrons. The van der Waals surface area contributed by atoms with E-state index in [1.807, 2.05) is 11.8 Å². The molecule has 6 rings (SSSR count). The molecule has 2 atom stereocenters. The van der Waals surface area contributed by atoms with E-state index in [9.17, 15) is 0 Å². The Hall–Kier alpha value is -2.82. The fourth-order valence-electron chi connectivity index (χ4n) is 6.20. The van der Waals surface area contributed by atoms with Crippen molar-refractivity contribution in [2.45, 2.75) is 50.3 Å². The lowest BCUT2D eigenvalue weighted by atomic mass is 9.91. The first-order chi connectivity index (χ1) is 16.8. The summed E-state index contributed by atoms with van der Waals surface area (Å²) >= 11 is 1.81. The normalized spacial score (nSPS) is 19.7. The van der Waals surface area contributed by atoms with Crippen molar-refractivity contribution in [2.75, 3.05) is 6.26 Å². The lowest BCUT2D eigenvalue weighted by molar-refractivity contribution is 0.383. The van der Waals surface area contributed by atoms with Crippen LogP contribution in [0, 0.1) is 13.8 Å². The van der Waals surface area contributed by atoms with Crippen LogP contribution in [0.3, 0.4) is 0 Å². The van der Waals surface area contributed by atoms with E-state index in [4.69, 9.17) is 4.98 Å². The molecule has 3 aromatic rings. The van der Waals surface area contributed by atoms with E-state index < -0.39 is 8.07 Å². The zero-order chi connectivity index (χ0) is 24.5. The van der Waals surface area contributed by atoms with Crippen LogP contribution in [-0.2, 0) is 0 Å². The third kappa shape index (κ3) is 3.49. The minimum Gasteiger partial charge on any atom is -0.340 e. The number of rotatable bonds is 4. The molecule has 176 valence electrons. The van der Waals surface area contributed by atoms with Crippen molar-refractivity contribution in [2.24, 2.45) is 0 Å². The van der Waals surface area contributed by atoms with Crippen LogP contribution >= 0.6 is 11.8 Å². The minimum atomic E-state index is -1.63. The Balaban J connectivity index is 1.56. The van der Waals surface area contributed by atoms with Gasteiger partial charge in [-0.15, -0.1) is 11.8 Å². The lowest BCUT2D eigenvalue weighted by Gasteiger charge is -2.37. The average Bonchev–Trinajstić information content (AvgIpc) is 3.20. The van der Waals surface area contributed by atoms with Crippen molar-refractivity contribution in [1.29, 1.82) is 0 Å². The molecule has 3 aliphatic rings. The maximum absolute atomic E-state index is 5.38. The maximum atomic E-state index is 5.38. The average molecular weight is 493 g/mol. The lowest BCUT2D eigenvalue weighted by Crippen LogP contribution is -2.44. The molecule has 6 bridgehead atoms. The Bertz CT molecular complexity index is 1460. The quantitative estimate of drug-likeness (QED) is 0.276. The van der Waals surface area contributed by atoms with Gasteiger partial charge >= 0.3 is 0 Å². The summed E-state index contributed by atoms with van der Waals surface area (Å²) in [6.45, 7) is 11.9. The van der Waals surface area contributed by atoms with E-state index in [2.05, 4.69) is 118 Å². The molecular weight excluding hydrogens is 461 g/mol. The highest BCUT2D eigenvalue weighted by molar-refractivity contribution is 7.98. The van der Waals surface area contributed by atoms with Gasteiger partial charge in [-0.2, -0.15) is 0 Å². The van der Waals surface area contributed by atoms with Crippen LogP contribution in [0.1, 0.15) is 45.5 Å². The second kappa shape index (κ2) is 8.11. The monoisotopic (exact) mass is 492 g/mol. The Morgan fingerprint density at radius 3 is 2.54 bits per heavy atom. The van der Waals surface area contributed by atoms with E-state index in [0.717, 1.165) is 5.69 Å². The summed E-state index contributed by atoms with van der Waals surface area (Å²) in [5.41, 5.74) is 11.9. The second-order valence-corrected chi connectivity index (χ2v) is 16.8. The van der Waals surface area contributed by atoms with Gasteiger partial charge in [-0.05, 0) is 83.5 Å². The molecule has 0 N–H and O–H groups in total. The van der Waals surface area contributed by atoms with Crippen molar-refractivity contribution in [1.82, 2.24) is 9.88 Å². The number of hydrogen-bond donors (Lipinski definition) is 0. The molecule has 2 unspecified atom stereocenters. The summed E-state index contributed by atoms with van der Waals surface area (Å²) in [5, 5.41) is 1.51. The van der Waals surface area contributed by atoms with E-state index in [-0.39, 0.29) is 12.0 Å².